The molecule has 11 heteroatoms. The maximum Gasteiger partial charge on any atom is 0.273 e. The number of nitrogen functional groups attached to an aromatic ring is 1. The molecule has 6 N–H and O–H groups in total. The number of nitrogens with zero attached hydrogens (tertiary/aromatic N) is 2. The third kappa shape index (κ3) is 5.23. The van der Waals surface area contributed by atoms with E-state index in [4.69, 9.17) is 16.2 Å². The minimum absolute atomic E-state index is 0.0279. The van der Waals surface area contributed by atoms with Gasteiger partial charge in [0, 0.05) is 41.5 Å². The van der Waals surface area contributed by atoms with Crippen molar-refractivity contribution in [1.82, 2.24) is 14.7 Å². The van der Waals surface area contributed by atoms with Gasteiger partial charge in [0.05, 0.1) is 11.8 Å². The van der Waals surface area contributed by atoms with Crippen LogP contribution in [-0.2, 0) is 16.0 Å². The van der Waals surface area contributed by atoms with Crippen LogP contribution >= 0.6 is 11.5 Å². The van der Waals surface area contributed by atoms with Gasteiger partial charge in [-0.15, -0.1) is 0 Å². The Labute approximate surface area is 229 Å². The van der Waals surface area contributed by atoms with Crippen LogP contribution in [0.15, 0.2) is 54.7 Å². The van der Waals surface area contributed by atoms with Crippen molar-refractivity contribution in [3.05, 3.63) is 76.4 Å². The van der Waals surface area contributed by atoms with E-state index >= 15 is 0 Å². The van der Waals surface area contributed by atoms with Gasteiger partial charge < -0.3 is 26.5 Å². The number of primary amides is 1. The summed E-state index contributed by atoms with van der Waals surface area (Å²) in [4.78, 5) is 44.8. The van der Waals surface area contributed by atoms with Crippen LogP contribution in [0.25, 0.3) is 10.9 Å². The number of amides is 3. The second kappa shape index (κ2) is 11.3. The summed E-state index contributed by atoms with van der Waals surface area (Å²) in [5, 5.41) is 3.80. The zero-order chi connectivity index (χ0) is 27.5. The molecule has 5 rings (SSSR count). The molecular formula is C28H30N6O4S. The standard InChI is InChI=1S/C28H30N6O4S/c1-2-16-9-11-17(12-10-16)34(28(37)25-22(29)23(26(30)35)33-39-25)24(27(36)32-14-18-6-5-13-38-18)20-15-31-21-8-4-3-7-19(20)21/h3-4,7-12,15,18,24,31H,2,5-6,13-14,29H2,1H3,(H2,30,35)(H,32,36). The zero-order valence-corrected chi connectivity index (χ0v) is 22.3. The quantitative estimate of drug-likeness (QED) is 0.251. The minimum Gasteiger partial charge on any atom is -0.395 e. The summed E-state index contributed by atoms with van der Waals surface area (Å²) in [6.07, 6.45) is 4.26. The Balaban J connectivity index is 1.64. The fourth-order valence-electron chi connectivity index (χ4n) is 4.85. The van der Waals surface area contributed by atoms with E-state index in [1.165, 1.54) is 4.90 Å². The monoisotopic (exact) mass is 546 g/mol. The van der Waals surface area contributed by atoms with Crippen molar-refractivity contribution in [1.29, 1.82) is 0 Å². The molecule has 2 unspecified atom stereocenters. The lowest BCUT2D eigenvalue weighted by atomic mass is 10.0. The van der Waals surface area contributed by atoms with Crippen molar-refractivity contribution >= 4 is 51.5 Å². The second-order valence-electron chi connectivity index (χ2n) is 9.41. The molecule has 2 aromatic heterocycles. The first kappa shape index (κ1) is 26.4. The molecule has 2 aromatic carbocycles. The second-order valence-corrected chi connectivity index (χ2v) is 10.2. The van der Waals surface area contributed by atoms with Gasteiger partial charge in [0.1, 0.15) is 10.9 Å². The average molecular weight is 547 g/mol. The van der Waals surface area contributed by atoms with E-state index in [0.717, 1.165) is 47.3 Å². The topological polar surface area (TPSA) is 156 Å². The number of aromatic amines is 1. The van der Waals surface area contributed by atoms with Gasteiger partial charge in [-0.1, -0.05) is 37.3 Å². The SMILES string of the molecule is CCc1ccc(N(C(=O)c2snc(C(N)=O)c2N)C(C(=O)NCC2CCCO2)c2c[nH]c3ccccc23)cc1. The summed E-state index contributed by atoms with van der Waals surface area (Å²) in [7, 11) is 0. The van der Waals surface area contributed by atoms with Crippen LogP contribution in [0.2, 0.25) is 0 Å². The summed E-state index contributed by atoms with van der Waals surface area (Å²) >= 11 is 0.780. The van der Waals surface area contributed by atoms with Crippen LogP contribution in [0.5, 0.6) is 0 Å². The minimum atomic E-state index is -1.07. The number of hydrogen-bond donors (Lipinski definition) is 4. The number of H-pyrrole nitrogens is 1. The van der Waals surface area contributed by atoms with E-state index in [1.54, 1.807) is 18.3 Å². The maximum absolute atomic E-state index is 14.2. The van der Waals surface area contributed by atoms with E-state index in [2.05, 4.69) is 14.7 Å². The van der Waals surface area contributed by atoms with Gasteiger partial charge in [0.25, 0.3) is 11.8 Å². The summed E-state index contributed by atoms with van der Waals surface area (Å²) in [5.41, 5.74) is 14.3. The number of aromatic nitrogens is 2. The first-order valence-electron chi connectivity index (χ1n) is 12.8. The summed E-state index contributed by atoms with van der Waals surface area (Å²) in [6, 6.07) is 13.9. The molecule has 0 aliphatic carbocycles. The zero-order valence-electron chi connectivity index (χ0n) is 21.5. The van der Waals surface area contributed by atoms with E-state index in [9.17, 15) is 14.4 Å². The van der Waals surface area contributed by atoms with Crippen LogP contribution < -0.4 is 21.7 Å². The lowest BCUT2D eigenvalue weighted by molar-refractivity contribution is -0.123. The van der Waals surface area contributed by atoms with E-state index in [1.807, 2.05) is 43.3 Å². The molecule has 0 saturated carbocycles. The molecule has 39 heavy (non-hydrogen) atoms. The molecule has 3 amide bonds. The van der Waals surface area contributed by atoms with E-state index in [0.29, 0.717) is 24.4 Å². The maximum atomic E-state index is 14.2. The van der Waals surface area contributed by atoms with Crippen LogP contribution in [0.4, 0.5) is 11.4 Å². The molecular weight excluding hydrogens is 516 g/mol. The lowest BCUT2D eigenvalue weighted by Crippen LogP contribution is -2.45. The third-order valence-electron chi connectivity index (χ3n) is 6.95. The molecule has 0 radical (unpaired) electrons. The molecule has 0 spiro atoms. The smallest absolute Gasteiger partial charge is 0.273 e. The summed E-state index contributed by atoms with van der Waals surface area (Å²) < 4.78 is 9.72. The molecule has 3 heterocycles. The fourth-order valence-corrected chi connectivity index (χ4v) is 5.59. The van der Waals surface area contributed by atoms with Gasteiger partial charge in [-0.2, -0.15) is 4.37 Å². The number of fused-ring (bicyclic) bond motifs is 1. The number of rotatable bonds is 9. The Hall–Kier alpha value is -4.22. The number of benzene rings is 2. The van der Waals surface area contributed by atoms with Crippen molar-refractivity contribution < 1.29 is 19.1 Å². The number of ether oxygens (including phenoxy) is 1. The van der Waals surface area contributed by atoms with E-state index in [-0.39, 0.29) is 28.3 Å². The molecule has 0 bridgehead atoms. The highest BCUT2D eigenvalue weighted by Crippen LogP contribution is 2.36. The number of anilines is 2. The van der Waals surface area contributed by atoms with Crippen LogP contribution in [0.3, 0.4) is 0 Å². The fraction of sp³-hybridized carbons (Fsp3) is 0.286. The molecule has 1 saturated heterocycles. The van der Waals surface area contributed by atoms with E-state index < -0.39 is 17.9 Å². The van der Waals surface area contributed by atoms with Crippen LogP contribution in [-0.4, -0.2) is 46.3 Å². The lowest BCUT2D eigenvalue weighted by Gasteiger charge is -2.31. The molecule has 1 aliphatic heterocycles. The highest BCUT2D eigenvalue weighted by atomic mass is 32.1. The Morgan fingerprint density at radius 2 is 1.97 bits per heavy atom. The van der Waals surface area contributed by atoms with Crippen LogP contribution in [0.1, 0.15) is 57.1 Å². The van der Waals surface area contributed by atoms with Gasteiger partial charge in [0.2, 0.25) is 5.91 Å². The third-order valence-corrected chi connectivity index (χ3v) is 7.80. The number of carbonyl (C=O) groups is 3. The van der Waals surface area contributed by atoms with Gasteiger partial charge in [-0.25, -0.2) is 0 Å². The summed E-state index contributed by atoms with van der Waals surface area (Å²) in [6.45, 7) is 3.02. The number of hydrogen-bond acceptors (Lipinski definition) is 7. The number of nitrogens with one attached hydrogen (secondary N) is 2. The molecule has 1 aliphatic rings. The predicted molar refractivity (Wildman–Crippen MR) is 151 cm³/mol. The molecule has 2 atom stereocenters. The predicted octanol–water partition coefficient (Wildman–Crippen LogP) is 3.55. The van der Waals surface area contributed by atoms with Crippen LogP contribution in [0, 0.1) is 0 Å². The number of para-hydroxylation sites is 1. The van der Waals surface area contributed by atoms with Crippen molar-refractivity contribution in [2.45, 2.75) is 38.3 Å². The first-order valence-corrected chi connectivity index (χ1v) is 13.6. The largest absolute Gasteiger partial charge is 0.395 e. The Morgan fingerprint density at radius 3 is 2.64 bits per heavy atom. The first-order chi connectivity index (χ1) is 18.9. The highest BCUT2D eigenvalue weighted by molar-refractivity contribution is 7.09. The van der Waals surface area contributed by atoms with Crippen molar-refractivity contribution in [3.63, 3.8) is 0 Å². The average Bonchev–Trinajstić information content (AvgIpc) is 3.70. The van der Waals surface area contributed by atoms with Crippen molar-refractivity contribution in [2.24, 2.45) is 5.73 Å². The van der Waals surface area contributed by atoms with Gasteiger partial charge in [-0.3, -0.25) is 19.3 Å². The Bertz CT molecular complexity index is 1510. The molecule has 1 fully saturated rings. The Kier molecular flexibility index (Phi) is 7.62. The number of nitrogens with two attached hydrogens (primary N) is 2. The van der Waals surface area contributed by atoms with Crippen molar-refractivity contribution in [3.8, 4) is 0 Å². The molecule has 202 valence electrons. The summed E-state index contributed by atoms with van der Waals surface area (Å²) in [5.74, 6) is -1.77. The number of carbonyl (C=O) groups excluding carboxylic acids is 3. The Morgan fingerprint density at radius 1 is 1.21 bits per heavy atom. The highest BCUT2D eigenvalue weighted by Gasteiger charge is 2.37. The van der Waals surface area contributed by atoms with Gasteiger partial charge in [0.15, 0.2) is 5.69 Å². The van der Waals surface area contributed by atoms with Gasteiger partial charge >= 0.3 is 0 Å². The normalized spacial score (nSPS) is 15.8. The number of aryl methyl sites for hydroxylation is 1. The molecule has 4 aromatic rings. The van der Waals surface area contributed by atoms with Gasteiger partial charge in [-0.05, 0) is 54.6 Å². The van der Waals surface area contributed by atoms with Crippen molar-refractivity contribution in [2.75, 3.05) is 23.8 Å². The molecule has 10 nitrogen and oxygen atoms in total.